The van der Waals surface area contributed by atoms with Crippen molar-refractivity contribution in [3.63, 3.8) is 0 Å². The minimum Gasteiger partial charge on any atom is -0.497 e. The third-order valence-electron chi connectivity index (χ3n) is 3.72. The molecule has 2 heterocycles. The van der Waals surface area contributed by atoms with Crippen molar-refractivity contribution in [2.45, 2.75) is 25.4 Å². The zero-order valence-corrected chi connectivity index (χ0v) is 13.4. The van der Waals surface area contributed by atoms with Gasteiger partial charge in [0.2, 0.25) is 11.7 Å². The average Bonchev–Trinajstić information content (AvgIpc) is 2.96. The number of rotatable bonds is 4. The summed E-state index contributed by atoms with van der Waals surface area (Å²) in [6.07, 6.45) is 2.22. The number of ether oxygens (including phenoxy) is 1. The molecule has 1 aromatic carbocycles. The number of nitrogens with two attached hydrogens (primary N) is 1. The van der Waals surface area contributed by atoms with Crippen molar-refractivity contribution in [2.75, 3.05) is 20.2 Å². The van der Waals surface area contributed by atoms with Gasteiger partial charge in [0.25, 0.3) is 0 Å². The molecule has 0 aliphatic carbocycles. The van der Waals surface area contributed by atoms with E-state index < -0.39 is 0 Å². The largest absolute Gasteiger partial charge is 0.497 e. The fraction of sp³-hybridized carbons (Fsp3) is 0.467. The van der Waals surface area contributed by atoms with Gasteiger partial charge in [-0.3, -0.25) is 4.90 Å². The SMILES string of the molecule is COc1ccc(-c2noc(CN3CCCC(N)C3)n2)cc1.Cl. The maximum atomic E-state index is 5.98. The van der Waals surface area contributed by atoms with Crippen LogP contribution in [0.4, 0.5) is 0 Å². The van der Waals surface area contributed by atoms with Crippen LogP contribution in [0.2, 0.25) is 0 Å². The Balaban J connectivity index is 0.00000176. The van der Waals surface area contributed by atoms with E-state index in [0.717, 1.165) is 37.2 Å². The van der Waals surface area contributed by atoms with Gasteiger partial charge < -0.3 is 15.0 Å². The standard InChI is InChI=1S/C15H20N4O2.ClH/c1-20-13-6-4-11(5-7-13)15-17-14(21-18-15)10-19-8-2-3-12(16)9-19;/h4-7,12H,2-3,8-10,16H2,1H3;1H. The van der Waals surface area contributed by atoms with Crippen molar-refractivity contribution in [2.24, 2.45) is 5.73 Å². The molecule has 22 heavy (non-hydrogen) atoms. The number of piperidine rings is 1. The topological polar surface area (TPSA) is 77.4 Å². The lowest BCUT2D eigenvalue weighted by Gasteiger charge is -2.29. The zero-order chi connectivity index (χ0) is 14.7. The van der Waals surface area contributed by atoms with Crippen molar-refractivity contribution in [1.82, 2.24) is 15.0 Å². The second-order valence-electron chi connectivity index (χ2n) is 5.38. The molecule has 1 aliphatic heterocycles. The number of nitrogens with zero attached hydrogens (tertiary/aromatic N) is 3. The summed E-state index contributed by atoms with van der Waals surface area (Å²) in [6, 6.07) is 7.86. The molecule has 1 fully saturated rings. The van der Waals surface area contributed by atoms with Crippen LogP contribution in [0, 0.1) is 0 Å². The van der Waals surface area contributed by atoms with Crippen LogP contribution in [0.5, 0.6) is 5.75 Å². The van der Waals surface area contributed by atoms with E-state index >= 15 is 0 Å². The van der Waals surface area contributed by atoms with Crippen LogP contribution in [0.3, 0.4) is 0 Å². The van der Waals surface area contributed by atoms with Crippen LogP contribution in [0.1, 0.15) is 18.7 Å². The molecule has 0 saturated carbocycles. The highest BCUT2D eigenvalue weighted by Gasteiger charge is 2.19. The molecule has 7 heteroatoms. The summed E-state index contributed by atoms with van der Waals surface area (Å²) in [5, 5.41) is 4.04. The molecule has 1 aliphatic rings. The van der Waals surface area contributed by atoms with Crippen molar-refractivity contribution in [1.29, 1.82) is 0 Å². The lowest BCUT2D eigenvalue weighted by atomic mass is 10.1. The van der Waals surface area contributed by atoms with Gasteiger partial charge in [-0.2, -0.15) is 4.98 Å². The number of aromatic nitrogens is 2. The highest BCUT2D eigenvalue weighted by molar-refractivity contribution is 5.85. The first kappa shape index (κ1) is 16.7. The van der Waals surface area contributed by atoms with Gasteiger partial charge in [0.1, 0.15) is 5.75 Å². The van der Waals surface area contributed by atoms with E-state index in [4.69, 9.17) is 15.0 Å². The minimum atomic E-state index is 0. The normalized spacial score (nSPS) is 18.7. The fourth-order valence-electron chi connectivity index (χ4n) is 2.60. The number of hydrogen-bond acceptors (Lipinski definition) is 6. The molecule has 1 saturated heterocycles. The number of hydrogen-bond donors (Lipinski definition) is 1. The van der Waals surface area contributed by atoms with E-state index in [1.54, 1.807) is 7.11 Å². The molecule has 2 N–H and O–H groups in total. The first-order valence-corrected chi connectivity index (χ1v) is 7.19. The van der Waals surface area contributed by atoms with Crippen molar-refractivity contribution >= 4 is 12.4 Å². The third kappa shape index (κ3) is 3.97. The summed E-state index contributed by atoms with van der Waals surface area (Å²) in [5.41, 5.74) is 6.90. The second kappa shape index (κ2) is 7.58. The van der Waals surface area contributed by atoms with E-state index in [2.05, 4.69) is 15.0 Å². The smallest absolute Gasteiger partial charge is 0.241 e. The number of benzene rings is 1. The minimum absolute atomic E-state index is 0. The Hall–Kier alpha value is -1.63. The van der Waals surface area contributed by atoms with Gasteiger partial charge in [0, 0.05) is 18.2 Å². The Morgan fingerprint density at radius 1 is 1.36 bits per heavy atom. The van der Waals surface area contributed by atoms with Crippen LogP contribution in [0.15, 0.2) is 28.8 Å². The van der Waals surface area contributed by atoms with Crippen LogP contribution in [-0.4, -0.2) is 41.3 Å². The molecule has 3 rings (SSSR count). The second-order valence-corrected chi connectivity index (χ2v) is 5.38. The quantitative estimate of drug-likeness (QED) is 0.928. The van der Waals surface area contributed by atoms with E-state index in [0.29, 0.717) is 18.3 Å². The van der Waals surface area contributed by atoms with Crippen LogP contribution >= 0.6 is 12.4 Å². The molecule has 1 unspecified atom stereocenters. The predicted molar refractivity (Wildman–Crippen MR) is 86.0 cm³/mol. The zero-order valence-electron chi connectivity index (χ0n) is 12.6. The summed E-state index contributed by atoms with van der Waals surface area (Å²) in [5.74, 6) is 2.05. The number of halogens is 1. The Bertz CT molecular complexity index is 587. The van der Waals surface area contributed by atoms with Crippen molar-refractivity contribution in [3.05, 3.63) is 30.2 Å². The third-order valence-corrected chi connectivity index (χ3v) is 3.72. The first-order chi connectivity index (χ1) is 10.2. The highest BCUT2D eigenvalue weighted by Crippen LogP contribution is 2.20. The van der Waals surface area contributed by atoms with Crippen LogP contribution < -0.4 is 10.5 Å². The molecule has 0 amide bonds. The van der Waals surface area contributed by atoms with Gasteiger partial charge in [-0.15, -0.1) is 12.4 Å². The first-order valence-electron chi connectivity index (χ1n) is 7.19. The molecular formula is C15H21ClN4O2. The summed E-state index contributed by atoms with van der Waals surface area (Å²) in [6.45, 7) is 2.59. The average molecular weight is 325 g/mol. The predicted octanol–water partition coefficient (Wildman–Crippen LogP) is 2.09. The molecule has 0 radical (unpaired) electrons. The van der Waals surface area contributed by atoms with E-state index in [9.17, 15) is 0 Å². The molecule has 120 valence electrons. The number of methoxy groups -OCH3 is 1. The van der Waals surface area contributed by atoms with Gasteiger partial charge in [-0.1, -0.05) is 5.16 Å². The molecule has 1 aromatic heterocycles. The van der Waals surface area contributed by atoms with Crippen molar-refractivity contribution in [3.8, 4) is 17.1 Å². The molecule has 1 atom stereocenters. The van der Waals surface area contributed by atoms with Crippen LogP contribution in [0.25, 0.3) is 11.4 Å². The lowest BCUT2D eigenvalue weighted by molar-refractivity contribution is 0.178. The fourth-order valence-corrected chi connectivity index (χ4v) is 2.60. The lowest BCUT2D eigenvalue weighted by Crippen LogP contribution is -2.42. The molecular weight excluding hydrogens is 304 g/mol. The summed E-state index contributed by atoms with van der Waals surface area (Å²) in [4.78, 5) is 6.72. The Morgan fingerprint density at radius 3 is 2.82 bits per heavy atom. The highest BCUT2D eigenvalue weighted by atomic mass is 35.5. The number of likely N-dealkylation sites (tertiary alicyclic amines) is 1. The van der Waals surface area contributed by atoms with Gasteiger partial charge in [-0.05, 0) is 43.7 Å². The molecule has 6 nitrogen and oxygen atoms in total. The van der Waals surface area contributed by atoms with Gasteiger partial charge in [0.15, 0.2) is 0 Å². The monoisotopic (exact) mass is 324 g/mol. The molecule has 2 aromatic rings. The molecule has 0 spiro atoms. The van der Waals surface area contributed by atoms with E-state index in [1.807, 2.05) is 24.3 Å². The molecule has 0 bridgehead atoms. The van der Waals surface area contributed by atoms with Gasteiger partial charge in [-0.25, -0.2) is 0 Å². The summed E-state index contributed by atoms with van der Waals surface area (Å²) in [7, 11) is 1.64. The van der Waals surface area contributed by atoms with Gasteiger partial charge in [0.05, 0.1) is 13.7 Å². The Morgan fingerprint density at radius 2 is 2.14 bits per heavy atom. The van der Waals surface area contributed by atoms with E-state index in [-0.39, 0.29) is 18.4 Å². The maximum absolute atomic E-state index is 5.98. The summed E-state index contributed by atoms with van der Waals surface area (Å²) < 4.78 is 10.5. The maximum Gasteiger partial charge on any atom is 0.241 e. The van der Waals surface area contributed by atoms with Crippen LogP contribution in [-0.2, 0) is 6.54 Å². The Kier molecular flexibility index (Phi) is 5.76. The van der Waals surface area contributed by atoms with E-state index in [1.165, 1.54) is 0 Å². The summed E-state index contributed by atoms with van der Waals surface area (Å²) >= 11 is 0. The van der Waals surface area contributed by atoms with Gasteiger partial charge >= 0.3 is 0 Å². The Labute approximate surface area is 136 Å². The van der Waals surface area contributed by atoms with Crippen molar-refractivity contribution < 1.29 is 9.26 Å².